The van der Waals surface area contributed by atoms with Crippen molar-refractivity contribution in [2.45, 2.75) is 38.5 Å². The van der Waals surface area contributed by atoms with Crippen molar-refractivity contribution >= 4 is 5.69 Å². The van der Waals surface area contributed by atoms with E-state index in [1.54, 1.807) is 7.11 Å². The van der Waals surface area contributed by atoms with Gasteiger partial charge in [-0.25, -0.2) is 0 Å². The number of methoxy groups -OCH3 is 1. The maximum Gasteiger partial charge on any atom is 0.0736 e. The second-order valence-corrected chi connectivity index (χ2v) is 4.46. The highest BCUT2D eigenvalue weighted by atomic mass is 16.5. The zero-order valence-electron chi connectivity index (χ0n) is 10.6. The quantitative estimate of drug-likeness (QED) is 0.822. The van der Waals surface area contributed by atoms with Gasteiger partial charge in [-0.05, 0) is 25.8 Å². The molecule has 17 heavy (non-hydrogen) atoms. The van der Waals surface area contributed by atoms with Gasteiger partial charge in [-0.2, -0.15) is 0 Å². The molecule has 0 amide bonds. The first kappa shape index (κ1) is 12.4. The third kappa shape index (κ3) is 3.20. The lowest BCUT2D eigenvalue weighted by molar-refractivity contribution is 0.0328. The molecule has 2 rings (SSSR count). The highest BCUT2D eigenvalue weighted by Gasteiger charge is 2.28. The molecule has 1 aromatic carbocycles. The number of rotatable bonds is 6. The van der Waals surface area contributed by atoms with Crippen molar-refractivity contribution in [3.8, 4) is 0 Å². The molecule has 0 saturated heterocycles. The Balaban J connectivity index is 1.91. The number of para-hydroxylation sites is 1. The van der Waals surface area contributed by atoms with Crippen molar-refractivity contribution in [1.29, 1.82) is 0 Å². The van der Waals surface area contributed by atoms with Gasteiger partial charge in [0.05, 0.1) is 12.7 Å². The minimum Gasteiger partial charge on any atom is -0.382 e. The Morgan fingerprint density at radius 3 is 2.76 bits per heavy atom. The zero-order valence-corrected chi connectivity index (χ0v) is 10.6. The first-order chi connectivity index (χ1) is 8.33. The standard InChI is InChI=1S/C14H21NO2/c1-3-17-10-11-6-4-5-7-14(11)15-12-8-13(9-12)16-2/h4-7,12-13,15H,3,8-10H2,1-2H3. The fraction of sp³-hybridized carbons (Fsp3) is 0.571. The summed E-state index contributed by atoms with van der Waals surface area (Å²) in [6.07, 6.45) is 2.63. The van der Waals surface area contributed by atoms with E-state index >= 15 is 0 Å². The number of hydrogen-bond donors (Lipinski definition) is 1. The number of hydrogen-bond acceptors (Lipinski definition) is 3. The molecular formula is C14H21NO2. The average molecular weight is 235 g/mol. The van der Waals surface area contributed by atoms with Crippen LogP contribution in [-0.4, -0.2) is 25.9 Å². The summed E-state index contributed by atoms with van der Waals surface area (Å²) in [7, 11) is 1.78. The van der Waals surface area contributed by atoms with E-state index in [9.17, 15) is 0 Å². The van der Waals surface area contributed by atoms with Gasteiger partial charge >= 0.3 is 0 Å². The van der Waals surface area contributed by atoms with E-state index in [2.05, 4.69) is 29.6 Å². The van der Waals surface area contributed by atoms with Crippen molar-refractivity contribution < 1.29 is 9.47 Å². The summed E-state index contributed by atoms with van der Waals surface area (Å²) in [6, 6.07) is 8.89. The predicted molar refractivity (Wildman–Crippen MR) is 69.2 cm³/mol. The number of ether oxygens (including phenoxy) is 2. The molecule has 0 aliphatic heterocycles. The summed E-state index contributed by atoms with van der Waals surface area (Å²) in [5.74, 6) is 0. The van der Waals surface area contributed by atoms with E-state index in [1.807, 2.05) is 6.92 Å². The van der Waals surface area contributed by atoms with Crippen molar-refractivity contribution in [3.63, 3.8) is 0 Å². The summed E-state index contributed by atoms with van der Waals surface area (Å²) >= 11 is 0. The van der Waals surface area contributed by atoms with E-state index in [4.69, 9.17) is 9.47 Å². The molecular weight excluding hydrogens is 214 g/mol. The highest BCUT2D eigenvalue weighted by Crippen LogP contribution is 2.27. The number of nitrogens with one attached hydrogen (secondary N) is 1. The van der Waals surface area contributed by atoms with Gasteiger partial charge in [-0.15, -0.1) is 0 Å². The van der Waals surface area contributed by atoms with E-state index < -0.39 is 0 Å². The first-order valence-corrected chi connectivity index (χ1v) is 6.28. The predicted octanol–water partition coefficient (Wildman–Crippen LogP) is 2.81. The van der Waals surface area contributed by atoms with Gasteiger partial charge in [0.15, 0.2) is 0 Å². The average Bonchev–Trinajstić information content (AvgIpc) is 2.31. The smallest absolute Gasteiger partial charge is 0.0736 e. The molecule has 0 aromatic heterocycles. The summed E-state index contributed by atoms with van der Waals surface area (Å²) in [6.45, 7) is 3.45. The van der Waals surface area contributed by atoms with E-state index in [1.165, 1.54) is 11.3 Å². The third-order valence-electron chi connectivity index (χ3n) is 3.27. The summed E-state index contributed by atoms with van der Waals surface area (Å²) in [5.41, 5.74) is 2.43. The van der Waals surface area contributed by atoms with Gasteiger partial charge in [0.1, 0.15) is 0 Å². The second kappa shape index (κ2) is 6.03. The molecule has 0 bridgehead atoms. The van der Waals surface area contributed by atoms with Crippen LogP contribution in [0.25, 0.3) is 0 Å². The Kier molecular flexibility index (Phi) is 4.40. The van der Waals surface area contributed by atoms with E-state index in [0.717, 1.165) is 19.4 Å². The molecule has 3 nitrogen and oxygen atoms in total. The molecule has 1 fully saturated rings. The lowest BCUT2D eigenvalue weighted by Crippen LogP contribution is -2.40. The lowest BCUT2D eigenvalue weighted by atomic mass is 9.89. The van der Waals surface area contributed by atoms with Crippen LogP contribution in [-0.2, 0) is 16.1 Å². The summed E-state index contributed by atoms with van der Waals surface area (Å²) in [4.78, 5) is 0. The van der Waals surface area contributed by atoms with Gasteiger partial charge in [0, 0.05) is 31.0 Å². The van der Waals surface area contributed by atoms with Gasteiger partial charge in [0.2, 0.25) is 0 Å². The highest BCUT2D eigenvalue weighted by molar-refractivity contribution is 5.51. The Morgan fingerprint density at radius 2 is 2.06 bits per heavy atom. The van der Waals surface area contributed by atoms with Crippen LogP contribution in [0.4, 0.5) is 5.69 Å². The van der Waals surface area contributed by atoms with Crippen LogP contribution in [0.1, 0.15) is 25.3 Å². The fourth-order valence-corrected chi connectivity index (χ4v) is 2.09. The van der Waals surface area contributed by atoms with Crippen LogP contribution < -0.4 is 5.32 Å². The van der Waals surface area contributed by atoms with E-state index in [0.29, 0.717) is 18.8 Å². The van der Waals surface area contributed by atoms with Crippen molar-refractivity contribution in [2.24, 2.45) is 0 Å². The number of benzene rings is 1. The zero-order chi connectivity index (χ0) is 12.1. The van der Waals surface area contributed by atoms with E-state index in [-0.39, 0.29) is 0 Å². The van der Waals surface area contributed by atoms with Crippen LogP contribution >= 0.6 is 0 Å². The molecule has 1 N–H and O–H groups in total. The second-order valence-electron chi connectivity index (χ2n) is 4.46. The van der Waals surface area contributed by atoms with Crippen LogP contribution in [0.15, 0.2) is 24.3 Å². The maximum absolute atomic E-state index is 5.47. The van der Waals surface area contributed by atoms with Gasteiger partial charge in [0.25, 0.3) is 0 Å². The molecule has 0 radical (unpaired) electrons. The van der Waals surface area contributed by atoms with Gasteiger partial charge < -0.3 is 14.8 Å². The molecule has 1 saturated carbocycles. The third-order valence-corrected chi connectivity index (χ3v) is 3.27. The van der Waals surface area contributed by atoms with Gasteiger partial charge in [-0.1, -0.05) is 18.2 Å². The normalized spacial score (nSPS) is 23.2. The molecule has 3 heteroatoms. The molecule has 0 atom stereocenters. The molecule has 0 unspecified atom stereocenters. The van der Waals surface area contributed by atoms with Crippen LogP contribution in [0.2, 0.25) is 0 Å². The monoisotopic (exact) mass is 235 g/mol. The first-order valence-electron chi connectivity index (χ1n) is 6.28. The molecule has 1 aliphatic rings. The molecule has 0 spiro atoms. The SMILES string of the molecule is CCOCc1ccccc1NC1CC(OC)C1. The van der Waals surface area contributed by atoms with Crippen molar-refractivity contribution in [3.05, 3.63) is 29.8 Å². The Morgan fingerprint density at radius 1 is 1.29 bits per heavy atom. The van der Waals surface area contributed by atoms with Crippen molar-refractivity contribution in [2.75, 3.05) is 19.0 Å². The minimum atomic E-state index is 0.437. The molecule has 1 aliphatic carbocycles. The molecule has 94 valence electrons. The lowest BCUT2D eigenvalue weighted by Gasteiger charge is -2.35. The van der Waals surface area contributed by atoms with Crippen molar-refractivity contribution in [1.82, 2.24) is 0 Å². The van der Waals surface area contributed by atoms with Gasteiger partial charge in [-0.3, -0.25) is 0 Å². The van der Waals surface area contributed by atoms with Crippen LogP contribution in [0, 0.1) is 0 Å². The van der Waals surface area contributed by atoms with Crippen LogP contribution in [0.3, 0.4) is 0 Å². The Hall–Kier alpha value is -1.06. The summed E-state index contributed by atoms with van der Waals surface area (Å²) < 4.78 is 10.8. The molecule has 0 heterocycles. The number of anilines is 1. The topological polar surface area (TPSA) is 30.5 Å². The molecule has 1 aromatic rings. The minimum absolute atomic E-state index is 0.437. The van der Waals surface area contributed by atoms with Crippen LogP contribution in [0.5, 0.6) is 0 Å². The largest absolute Gasteiger partial charge is 0.382 e. The summed E-state index contributed by atoms with van der Waals surface area (Å²) in [5, 5.41) is 3.56. The Bertz CT molecular complexity index is 348. The fourth-order valence-electron chi connectivity index (χ4n) is 2.09. The Labute approximate surface area is 103 Å². The maximum atomic E-state index is 5.47.